The van der Waals surface area contributed by atoms with Gasteiger partial charge in [0, 0.05) is 25.6 Å². The van der Waals surface area contributed by atoms with Gasteiger partial charge in [0.1, 0.15) is 5.60 Å². The molecule has 0 saturated heterocycles. The summed E-state index contributed by atoms with van der Waals surface area (Å²) in [5.41, 5.74) is 5.27. The molecule has 0 rings (SSSR count). The van der Waals surface area contributed by atoms with E-state index in [0.717, 1.165) is 25.9 Å². The molecule has 0 amide bonds. The zero-order valence-corrected chi connectivity index (χ0v) is 19.5. The molecule has 0 aliphatic rings. The Hall–Kier alpha value is -0.610. The number of ether oxygens (including phenoxy) is 1. The van der Waals surface area contributed by atoms with Crippen molar-refractivity contribution in [1.29, 1.82) is 0 Å². The number of carbonyl (C=O) groups excluding carboxylic acids is 1. The highest BCUT2D eigenvalue weighted by Gasteiger charge is 2.15. The predicted molar refractivity (Wildman–Crippen MR) is 122 cm³/mol. The predicted octanol–water partition coefficient (Wildman–Crippen LogP) is 6.12. The average molecular weight is 399 g/mol. The highest BCUT2D eigenvalue weighted by molar-refractivity contribution is 5.69. The first-order chi connectivity index (χ1) is 13.4. The van der Waals surface area contributed by atoms with Crippen LogP contribution in [0.5, 0.6) is 0 Å². The number of nitrogens with two attached hydrogens (primary N) is 1. The van der Waals surface area contributed by atoms with Crippen LogP contribution >= 0.6 is 0 Å². The molecule has 28 heavy (non-hydrogen) atoms. The largest absolute Gasteiger partial charge is 0.460 e. The van der Waals surface area contributed by atoms with E-state index in [4.69, 9.17) is 10.5 Å². The topological polar surface area (TPSA) is 64.3 Å². The van der Waals surface area contributed by atoms with Crippen molar-refractivity contribution in [3.05, 3.63) is 0 Å². The number of hydrogen-bond donors (Lipinski definition) is 2. The normalized spacial score (nSPS) is 12.9. The Morgan fingerprint density at radius 3 is 1.86 bits per heavy atom. The summed E-state index contributed by atoms with van der Waals surface area (Å²) in [6.45, 7) is 9.73. The second kappa shape index (κ2) is 18.4. The third kappa shape index (κ3) is 20.1. The molecule has 0 bridgehead atoms. The Morgan fingerprint density at radius 2 is 1.36 bits per heavy atom. The van der Waals surface area contributed by atoms with Gasteiger partial charge >= 0.3 is 5.97 Å². The smallest absolute Gasteiger partial charge is 0.306 e. The maximum Gasteiger partial charge on any atom is 0.306 e. The number of rotatable bonds is 19. The Bertz CT molecular complexity index is 345. The third-order valence-electron chi connectivity index (χ3n) is 5.09. The van der Waals surface area contributed by atoms with Gasteiger partial charge in [-0.15, -0.1) is 0 Å². The number of unbranched alkanes of at least 4 members (excludes halogenated alkanes) is 10. The van der Waals surface area contributed by atoms with Crippen molar-refractivity contribution in [3.63, 3.8) is 0 Å². The quantitative estimate of drug-likeness (QED) is 0.203. The standard InChI is InChI=1S/C24H50N2O2/c1-5-6-17-22(26-21-20-25)18-15-13-11-9-7-8-10-12-14-16-19-23(27)28-24(2,3)4/h22,26H,5-21,25H2,1-4H3/t22-/m0/s1. The molecule has 0 saturated carbocycles. The first-order valence-electron chi connectivity index (χ1n) is 12.0. The van der Waals surface area contributed by atoms with Crippen LogP contribution in [0.15, 0.2) is 0 Å². The van der Waals surface area contributed by atoms with Crippen LogP contribution in [0, 0.1) is 0 Å². The SMILES string of the molecule is CCCC[C@@H](CCCCCCCCCCCCC(=O)OC(C)(C)C)NCCN. The zero-order valence-electron chi connectivity index (χ0n) is 19.5. The number of esters is 1. The summed E-state index contributed by atoms with van der Waals surface area (Å²) >= 11 is 0. The summed E-state index contributed by atoms with van der Waals surface area (Å²) in [5, 5.41) is 3.60. The number of hydrogen-bond acceptors (Lipinski definition) is 4. The van der Waals surface area contributed by atoms with Crippen molar-refractivity contribution in [2.75, 3.05) is 13.1 Å². The van der Waals surface area contributed by atoms with Gasteiger partial charge in [-0.25, -0.2) is 0 Å². The molecule has 0 fully saturated rings. The van der Waals surface area contributed by atoms with Crippen molar-refractivity contribution >= 4 is 5.97 Å². The van der Waals surface area contributed by atoms with Gasteiger partial charge in [-0.1, -0.05) is 77.6 Å². The molecule has 0 aliphatic carbocycles. The second-order valence-corrected chi connectivity index (χ2v) is 9.24. The lowest BCUT2D eigenvalue weighted by molar-refractivity contribution is -0.154. The lowest BCUT2D eigenvalue weighted by Crippen LogP contribution is -2.33. The molecule has 0 unspecified atom stereocenters. The van der Waals surface area contributed by atoms with Gasteiger partial charge in [-0.05, 0) is 40.0 Å². The monoisotopic (exact) mass is 398 g/mol. The van der Waals surface area contributed by atoms with E-state index >= 15 is 0 Å². The van der Waals surface area contributed by atoms with Gasteiger partial charge in [0.25, 0.3) is 0 Å². The molecule has 0 aromatic carbocycles. The molecule has 0 aromatic heterocycles. The molecule has 0 aromatic rings. The molecular weight excluding hydrogens is 348 g/mol. The fraction of sp³-hybridized carbons (Fsp3) is 0.958. The van der Waals surface area contributed by atoms with Crippen LogP contribution in [0.4, 0.5) is 0 Å². The van der Waals surface area contributed by atoms with Crippen LogP contribution in [0.2, 0.25) is 0 Å². The van der Waals surface area contributed by atoms with Gasteiger partial charge in [-0.3, -0.25) is 4.79 Å². The van der Waals surface area contributed by atoms with Crippen molar-refractivity contribution in [1.82, 2.24) is 5.32 Å². The van der Waals surface area contributed by atoms with Gasteiger partial charge in [0.15, 0.2) is 0 Å². The zero-order chi connectivity index (χ0) is 21.1. The molecule has 1 atom stereocenters. The van der Waals surface area contributed by atoms with Gasteiger partial charge in [0.05, 0.1) is 0 Å². The number of nitrogens with one attached hydrogen (secondary N) is 1. The molecule has 0 spiro atoms. The first kappa shape index (κ1) is 27.4. The lowest BCUT2D eigenvalue weighted by atomic mass is 10.0. The fourth-order valence-corrected chi connectivity index (χ4v) is 3.55. The Balaban J connectivity index is 3.41. The Morgan fingerprint density at radius 1 is 0.857 bits per heavy atom. The fourth-order valence-electron chi connectivity index (χ4n) is 3.55. The summed E-state index contributed by atoms with van der Waals surface area (Å²) in [4.78, 5) is 11.6. The summed E-state index contributed by atoms with van der Waals surface area (Å²) < 4.78 is 5.33. The van der Waals surface area contributed by atoms with Gasteiger partial charge < -0.3 is 15.8 Å². The molecule has 4 nitrogen and oxygen atoms in total. The van der Waals surface area contributed by atoms with Crippen molar-refractivity contribution < 1.29 is 9.53 Å². The lowest BCUT2D eigenvalue weighted by Gasteiger charge is -2.19. The minimum absolute atomic E-state index is 0.0531. The van der Waals surface area contributed by atoms with Crippen LogP contribution < -0.4 is 11.1 Å². The second-order valence-electron chi connectivity index (χ2n) is 9.24. The summed E-state index contributed by atoms with van der Waals surface area (Å²) in [5.74, 6) is -0.0531. The van der Waals surface area contributed by atoms with Crippen LogP contribution in [-0.2, 0) is 9.53 Å². The van der Waals surface area contributed by atoms with Crippen LogP contribution in [0.25, 0.3) is 0 Å². The summed E-state index contributed by atoms with van der Waals surface area (Å²) in [7, 11) is 0. The van der Waals surface area contributed by atoms with Crippen LogP contribution in [-0.4, -0.2) is 30.7 Å². The third-order valence-corrected chi connectivity index (χ3v) is 5.09. The maximum atomic E-state index is 11.6. The highest BCUT2D eigenvalue weighted by Crippen LogP contribution is 2.15. The van der Waals surface area contributed by atoms with E-state index in [-0.39, 0.29) is 11.6 Å². The van der Waals surface area contributed by atoms with E-state index in [9.17, 15) is 4.79 Å². The van der Waals surface area contributed by atoms with E-state index in [1.54, 1.807) is 0 Å². The van der Waals surface area contributed by atoms with E-state index in [1.807, 2.05) is 20.8 Å². The average Bonchev–Trinajstić information content (AvgIpc) is 2.62. The highest BCUT2D eigenvalue weighted by atomic mass is 16.6. The minimum atomic E-state index is -0.353. The van der Waals surface area contributed by atoms with E-state index in [0.29, 0.717) is 12.5 Å². The van der Waals surface area contributed by atoms with Gasteiger partial charge in [-0.2, -0.15) is 0 Å². The molecule has 0 radical (unpaired) electrons. The van der Waals surface area contributed by atoms with Crippen LogP contribution in [0.3, 0.4) is 0 Å². The summed E-state index contributed by atoms with van der Waals surface area (Å²) in [6.07, 6.45) is 18.6. The van der Waals surface area contributed by atoms with E-state index in [2.05, 4.69) is 12.2 Å². The van der Waals surface area contributed by atoms with Crippen LogP contribution in [0.1, 0.15) is 124 Å². The minimum Gasteiger partial charge on any atom is -0.460 e. The van der Waals surface area contributed by atoms with Gasteiger partial charge in [0.2, 0.25) is 0 Å². The van der Waals surface area contributed by atoms with E-state index < -0.39 is 0 Å². The number of carbonyl (C=O) groups is 1. The summed E-state index contributed by atoms with van der Waals surface area (Å²) in [6, 6.07) is 0.671. The van der Waals surface area contributed by atoms with E-state index in [1.165, 1.54) is 77.0 Å². The molecule has 0 aliphatic heterocycles. The molecular formula is C24H50N2O2. The molecule has 168 valence electrons. The Kier molecular flexibility index (Phi) is 18.0. The van der Waals surface area contributed by atoms with Crippen molar-refractivity contribution in [3.8, 4) is 0 Å². The van der Waals surface area contributed by atoms with Crippen molar-refractivity contribution in [2.45, 2.75) is 136 Å². The maximum absolute atomic E-state index is 11.6. The molecule has 3 N–H and O–H groups in total. The Labute approximate surface area is 175 Å². The van der Waals surface area contributed by atoms with Crippen molar-refractivity contribution in [2.24, 2.45) is 5.73 Å². The molecule has 4 heteroatoms. The molecule has 0 heterocycles. The first-order valence-corrected chi connectivity index (χ1v) is 12.0.